The van der Waals surface area contributed by atoms with Crippen LogP contribution < -0.4 is 5.32 Å². The van der Waals surface area contributed by atoms with Gasteiger partial charge in [-0.2, -0.15) is 16.9 Å². The van der Waals surface area contributed by atoms with E-state index in [0.29, 0.717) is 0 Å². The fraction of sp³-hybridized carbons (Fsp3) is 0.727. The molecule has 92 valence electrons. The summed E-state index contributed by atoms with van der Waals surface area (Å²) in [6, 6.07) is 0. The van der Waals surface area contributed by atoms with Crippen LogP contribution in [-0.2, 0) is 20.0 Å². The highest BCUT2D eigenvalue weighted by Gasteiger charge is 2.11. The van der Waals surface area contributed by atoms with Gasteiger partial charge in [0.2, 0.25) is 0 Å². The van der Waals surface area contributed by atoms with Crippen LogP contribution >= 0.6 is 23.4 Å². The molecule has 16 heavy (non-hydrogen) atoms. The summed E-state index contributed by atoms with van der Waals surface area (Å²) in [6.07, 6.45) is 4.26. The van der Waals surface area contributed by atoms with Crippen LogP contribution in [0, 0.1) is 0 Å². The first-order valence-electron chi connectivity index (χ1n) is 5.60. The van der Waals surface area contributed by atoms with Crippen LogP contribution in [-0.4, -0.2) is 28.3 Å². The van der Waals surface area contributed by atoms with Gasteiger partial charge in [-0.25, -0.2) is 0 Å². The van der Waals surface area contributed by atoms with Gasteiger partial charge in [0, 0.05) is 19.2 Å². The summed E-state index contributed by atoms with van der Waals surface area (Å²) >= 11 is 8.07. The maximum Gasteiger partial charge on any atom is 0.131 e. The minimum absolute atomic E-state index is 0.759. The Labute approximate surface area is 107 Å². The highest BCUT2D eigenvalue weighted by atomic mass is 35.5. The average Bonchev–Trinajstić information content (AvgIpc) is 2.56. The number of nitrogens with one attached hydrogen (secondary N) is 1. The largest absolute Gasteiger partial charge is 0.312 e. The number of aryl methyl sites for hydroxylation is 2. The van der Waals surface area contributed by atoms with Crippen LogP contribution in [0.1, 0.15) is 24.6 Å². The second-order valence-corrected chi connectivity index (χ2v) is 5.06. The molecule has 0 aliphatic heterocycles. The Morgan fingerprint density at radius 1 is 1.50 bits per heavy atom. The Morgan fingerprint density at radius 3 is 2.88 bits per heavy atom. The number of nitrogens with zero attached hydrogens (tertiary/aromatic N) is 2. The molecule has 3 nitrogen and oxygen atoms in total. The maximum atomic E-state index is 6.19. The van der Waals surface area contributed by atoms with E-state index in [0.717, 1.165) is 35.9 Å². The Balaban J connectivity index is 2.46. The second-order valence-electron chi connectivity index (χ2n) is 3.72. The molecule has 1 N–H and O–H groups in total. The van der Waals surface area contributed by atoms with Crippen LogP contribution in [0.3, 0.4) is 0 Å². The van der Waals surface area contributed by atoms with Crippen molar-refractivity contribution >= 4 is 23.4 Å². The van der Waals surface area contributed by atoms with Crippen LogP contribution in [0.25, 0.3) is 0 Å². The van der Waals surface area contributed by atoms with Gasteiger partial charge < -0.3 is 5.32 Å². The molecule has 1 aromatic rings. The quantitative estimate of drug-likeness (QED) is 0.765. The zero-order valence-corrected chi connectivity index (χ0v) is 11.8. The number of rotatable bonds is 7. The molecule has 0 amide bonds. The molecule has 1 heterocycles. The number of thioether (sulfide) groups is 1. The van der Waals surface area contributed by atoms with Gasteiger partial charge in [-0.15, -0.1) is 0 Å². The number of halogens is 1. The summed E-state index contributed by atoms with van der Waals surface area (Å²) in [5, 5.41) is 8.56. The average molecular weight is 262 g/mol. The third-order valence-corrected chi connectivity index (χ3v) is 3.66. The normalized spacial score (nSPS) is 11.0. The van der Waals surface area contributed by atoms with Crippen molar-refractivity contribution < 1.29 is 0 Å². The molecule has 0 bridgehead atoms. The van der Waals surface area contributed by atoms with Gasteiger partial charge in [0.1, 0.15) is 5.15 Å². The molecule has 0 saturated carbocycles. The van der Waals surface area contributed by atoms with E-state index in [4.69, 9.17) is 11.6 Å². The van der Waals surface area contributed by atoms with Gasteiger partial charge in [-0.3, -0.25) is 4.68 Å². The number of aromatic nitrogens is 2. The SMILES string of the molecule is CCc1nn(C)c(Cl)c1CNCCCSC. The maximum absolute atomic E-state index is 6.19. The zero-order chi connectivity index (χ0) is 12.0. The van der Waals surface area contributed by atoms with E-state index < -0.39 is 0 Å². The summed E-state index contributed by atoms with van der Waals surface area (Å²) in [6.45, 7) is 3.97. The first-order chi connectivity index (χ1) is 7.70. The molecule has 1 rings (SSSR count). The first kappa shape index (κ1) is 13.9. The smallest absolute Gasteiger partial charge is 0.131 e. The fourth-order valence-electron chi connectivity index (χ4n) is 1.61. The van der Waals surface area contributed by atoms with Gasteiger partial charge in [0.05, 0.1) is 5.69 Å². The lowest BCUT2D eigenvalue weighted by molar-refractivity contribution is 0.675. The summed E-state index contributed by atoms with van der Waals surface area (Å²) in [7, 11) is 1.89. The topological polar surface area (TPSA) is 29.9 Å². The number of hydrogen-bond donors (Lipinski definition) is 1. The van der Waals surface area contributed by atoms with Crippen molar-refractivity contribution in [3.8, 4) is 0 Å². The van der Waals surface area contributed by atoms with Gasteiger partial charge >= 0.3 is 0 Å². The summed E-state index contributed by atoms with van der Waals surface area (Å²) < 4.78 is 1.75. The molecular formula is C11H20ClN3S. The van der Waals surface area contributed by atoms with Crippen molar-refractivity contribution in [1.29, 1.82) is 0 Å². The van der Waals surface area contributed by atoms with E-state index in [1.54, 1.807) is 4.68 Å². The Bertz CT molecular complexity index is 325. The predicted molar refractivity (Wildman–Crippen MR) is 72.3 cm³/mol. The lowest BCUT2D eigenvalue weighted by atomic mass is 10.2. The van der Waals surface area contributed by atoms with Gasteiger partial charge in [-0.1, -0.05) is 18.5 Å². The van der Waals surface area contributed by atoms with Crippen molar-refractivity contribution in [3.05, 3.63) is 16.4 Å². The van der Waals surface area contributed by atoms with E-state index in [1.165, 1.54) is 12.2 Å². The summed E-state index contributed by atoms with van der Waals surface area (Å²) in [5.41, 5.74) is 2.25. The van der Waals surface area contributed by atoms with Crippen molar-refractivity contribution in [3.63, 3.8) is 0 Å². The van der Waals surface area contributed by atoms with Crippen LogP contribution in [0.4, 0.5) is 0 Å². The molecule has 0 aromatic carbocycles. The molecule has 0 atom stereocenters. The number of hydrogen-bond acceptors (Lipinski definition) is 3. The molecule has 0 spiro atoms. The third-order valence-electron chi connectivity index (χ3n) is 2.49. The molecule has 5 heteroatoms. The van der Waals surface area contributed by atoms with Crippen molar-refractivity contribution in [2.45, 2.75) is 26.3 Å². The van der Waals surface area contributed by atoms with E-state index in [9.17, 15) is 0 Å². The predicted octanol–water partition coefficient (Wildman–Crippen LogP) is 2.48. The molecule has 0 radical (unpaired) electrons. The monoisotopic (exact) mass is 261 g/mol. The molecule has 0 saturated heterocycles. The van der Waals surface area contributed by atoms with Crippen LogP contribution in [0.2, 0.25) is 5.15 Å². The zero-order valence-electron chi connectivity index (χ0n) is 10.2. The molecular weight excluding hydrogens is 242 g/mol. The lowest BCUT2D eigenvalue weighted by Gasteiger charge is -2.04. The standard InChI is InChI=1S/C11H20ClN3S/c1-4-10-9(11(12)15(2)14-10)8-13-6-5-7-16-3/h13H,4-8H2,1-3H3. The molecule has 0 aliphatic rings. The van der Waals surface area contributed by atoms with Gasteiger partial charge in [-0.05, 0) is 31.4 Å². The van der Waals surface area contributed by atoms with Crippen molar-refractivity contribution in [2.75, 3.05) is 18.6 Å². The van der Waals surface area contributed by atoms with E-state index in [2.05, 4.69) is 23.6 Å². The van der Waals surface area contributed by atoms with E-state index in [-0.39, 0.29) is 0 Å². The fourth-order valence-corrected chi connectivity index (χ4v) is 2.26. The molecule has 0 unspecified atom stereocenters. The highest BCUT2D eigenvalue weighted by Crippen LogP contribution is 2.19. The van der Waals surface area contributed by atoms with E-state index >= 15 is 0 Å². The van der Waals surface area contributed by atoms with Gasteiger partial charge in [0.25, 0.3) is 0 Å². The Hall–Kier alpha value is -0.190. The minimum Gasteiger partial charge on any atom is -0.312 e. The summed E-state index contributed by atoms with van der Waals surface area (Å²) in [5.74, 6) is 1.20. The van der Waals surface area contributed by atoms with Crippen LogP contribution in [0.15, 0.2) is 0 Å². The highest BCUT2D eigenvalue weighted by molar-refractivity contribution is 7.98. The summed E-state index contributed by atoms with van der Waals surface area (Å²) in [4.78, 5) is 0. The van der Waals surface area contributed by atoms with Crippen molar-refractivity contribution in [1.82, 2.24) is 15.1 Å². The Morgan fingerprint density at radius 2 is 2.25 bits per heavy atom. The third kappa shape index (κ3) is 3.68. The first-order valence-corrected chi connectivity index (χ1v) is 7.37. The van der Waals surface area contributed by atoms with Gasteiger partial charge in [0.15, 0.2) is 0 Å². The molecule has 0 aliphatic carbocycles. The van der Waals surface area contributed by atoms with Crippen molar-refractivity contribution in [2.24, 2.45) is 7.05 Å². The Kier molecular flexibility index (Phi) is 6.24. The molecule has 0 fully saturated rings. The molecule has 1 aromatic heterocycles. The second kappa shape index (κ2) is 7.20. The lowest BCUT2D eigenvalue weighted by Crippen LogP contribution is -2.16. The van der Waals surface area contributed by atoms with Crippen LogP contribution in [0.5, 0.6) is 0 Å². The minimum atomic E-state index is 0.759. The van der Waals surface area contributed by atoms with E-state index in [1.807, 2.05) is 18.8 Å².